The highest BCUT2D eigenvalue weighted by molar-refractivity contribution is 9.09. The van der Waals surface area contributed by atoms with E-state index in [2.05, 4.69) is 15.9 Å². The van der Waals surface area contributed by atoms with Crippen molar-refractivity contribution in [3.8, 4) is 0 Å². The van der Waals surface area contributed by atoms with Gasteiger partial charge in [0.05, 0.1) is 11.2 Å². The second-order valence-corrected chi connectivity index (χ2v) is 14.1. The van der Waals surface area contributed by atoms with Crippen LogP contribution in [-0.2, 0) is 47.7 Å². The summed E-state index contributed by atoms with van der Waals surface area (Å²) in [6.07, 6.45) is 6.74. The third-order valence-electron chi connectivity index (χ3n) is 8.26. The molecule has 10 unspecified atom stereocenters. The minimum absolute atomic E-state index is 0.0353. The lowest BCUT2D eigenvalue weighted by Gasteiger charge is -2.33. The van der Waals surface area contributed by atoms with Crippen molar-refractivity contribution in [1.29, 1.82) is 0 Å². The van der Waals surface area contributed by atoms with Crippen molar-refractivity contribution in [3.63, 3.8) is 0 Å². The van der Waals surface area contributed by atoms with Crippen LogP contribution in [0.5, 0.6) is 0 Å². The summed E-state index contributed by atoms with van der Waals surface area (Å²) >= 11 is 3.70. The van der Waals surface area contributed by atoms with Gasteiger partial charge in [0.25, 0.3) is 0 Å². The Labute approximate surface area is 293 Å². The highest BCUT2D eigenvalue weighted by atomic mass is 79.9. The highest BCUT2D eigenvalue weighted by Crippen LogP contribution is 2.30. The molecule has 0 amide bonds. The summed E-state index contributed by atoms with van der Waals surface area (Å²) in [5.41, 5.74) is -0.771. The van der Waals surface area contributed by atoms with Crippen molar-refractivity contribution in [2.45, 2.75) is 142 Å². The summed E-state index contributed by atoms with van der Waals surface area (Å²) in [5, 5.41) is 11.2. The van der Waals surface area contributed by atoms with Crippen LogP contribution in [0.4, 0.5) is 0 Å². The maximum atomic E-state index is 13.1. The van der Waals surface area contributed by atoms with Gasteiger partial charge in [-0.3, -0.25) is 24.0 Å². The molecule has 1 aliphatic rings. The molecule has 0 spiro atoms. The zero-order valence-electron chi connectivity index (χ0n) is 30.0. The van der Waals surface area contributed by atoms with Gasteiger partial charge in [-0.1, -0.05) is 67.9 Å². The molecule has 0 radical (unpaired) electrons. The molecule has 10 atom stereocenters. The third kappa shape index (κ3) is 15.5. The molecule has 1 heterocycles. The van der Waals surface area contributed by atoms with E-state index in [-0.39, 0.29) is 53.9 Å². The Kier molecular flexibility index (Phi) is 18.4. The molecule has 0 bridgehead atoms. The Balaban J connectivity index is 3.29. The SMILES string of the molecule is CCC(OC(C)=O)C(C)C(Br)C(CC(C)/C=C/C=C(\C)C1OC(=O)CC(OC(C)=O)CCC(C)(O)C(OC(C)=O)/C=C\C1C)OC(C)=O. The number of carbonyl (C=O) groups is 5. The van der Waals surface area contributed by atoms with Crippen LogP contribution in [-0.4, -0.2) is 75.9 Å². The number of hydrogen-bond acceptors (Lipinski definition) is 11. The second-order valence-electron chi connectivity index (χ2n) is 13.0. The summed E-state index contributed by atoms with van der Waals surface area (Å²) in [6, 6.07) is 0. The number of alkyl halides is 1. The number of aliphatic hydroxyl groups is 1. The van der Waals surface area contributed by atoms with E-state index in [0.717, 1.165) is 5.57 Å². The molecule has 0 aromatic rings. The van der Waals surface area contributed by atoms with Crippen LogP contribution in [0.15, 0.2) is 36.0 Å². The lowest BCUT2D eigenvalue weighted by Crippen LogP contribution is -2.42. The summed E-state index contributed by atoms with van der Waals surface area (Å²) < 4.78 is 27.9. The Morgan fingerprint density at radius 3 is 2.12 bits per heavy atom. The molecule has 0 aliphatic carbocycles. The zero-order chi connectivity index (χ0) is 36.8. The number of carbonyl (C=O) groups excluding carboxylic acids is 5. The molecule has 0 aromatic carbocycles. The quantitative estimate of drug-likeness (QED) is 0.0767. The van der Waals surface area contributed by atoms with Crippen LogP contribution in [0, 0.1) is 17.8 Å². The first-order chi connectivity index (χ1) is 22.3. The molecule has 272 valence electrons. The van der Waals surface area contributed by atoms with Crippen molar-refractivity contribution in [2.24, 2.45) is 17.8 Å². The van der Waals surface area contributed by atoms with Gasteiger partial charge in [-0.25, -0.2) is 0 Å². The average Bonchev–Trinajstić information content (AvgIpc) is 2.96. The van der Waals surface area contributed by atoms with Gasteiger partial charge in [0.2, 0.25) is 0 Å². The smallest absolute Gasteiger partial charge is 0.310 e. The van der Waals surface area contributed by atoms with Crippen molar-refractivity contribution in [2.75, 3.05) is 0 Å². The number of halogens is 1. The topological polar surface area (TPSA) is 152 Å². The van der Waals surface area contributed by atoms with Crippen LogP contribution in [0.25, 0.3) is 0 Å². The molecule has 1 aliphatic heterocycles. The molecule has 0 fully saturated rings. The van der Waals surface area contributed by atoms with Crippen molar-refractivity contribution in [1.82, 2.24) is 0 Å². The predicted octanol–water partition coefficient (Wildman–Crippen LogP) is 6.09. The van der Waals surface area contributed by atoms with Crippen LogP contribution in [0.3, 0.4) is 0 Å². The van der Waals surface area contributed by atoms with Gasteiger partial charge < -0.3 is 28.8 Å². The fourth-order valence-corrected chi connectivity index (χ4v) is 6.33. The number of cyclic esters (lactones) is 1. The molecule has 1 rings (SSSR count). The first kappa shape index (κ1) is 43.0. The standard InChI is InChI=1S/C36H55BrO11/c1-11-30(45-26(7)39)24(5)34(37)31(46-27(8)40)19-21(2)13-12-14-22(3)35-23(4)15-16-32(47-28(9)41)36(10,43)18-17-29(44-25(6)38)20-33(42)48-35/h12-16,21,23-24,29-32,34-35,43H,11,17-20H2,1-10H3/b13-12+,16-15-,22-14+. The Morgan fingerprint density at radius 2 is 1.58 bits per heavy atom. The number of allylic oxidation sites excluding steroid dienone is 3. The summed E-state index contributed by atoms with van der Waals surface area (Å²) in [6.45, 7) is 16.3. The van der Waals surface area contributed by atoms with Gasteiger partial charge in [0.1, 0.15) is 36.1 Å². The molecule has 1 N–H and O–H groups in total. The maximum absolute atomic E-state index is 13.1. The minimum atomic E-state index is -1.49. The van der Waals surface area contributed by atoms with E-state index in [9.17, 15) is 29.1 Å². The third-order valence-corrected chi connectivity index (χ3v) is 9.69. The molecule has 0 saturated heterocycles. The van der Waals surface area contributed by atoms with E-state index in [1.165, 1.54) is 34.6 Å². The molecule has 0 saturated carbocycles. The van der Waals surface area contributed by atoms with E-state index < -0.39 is 53.9 Å². The fraction of sp³-hybridized carbons (Fsp3) is 0.694. The van der Waals surface area contributed by atoms with E-state index in [1.807, 2.05) is 52.8 Å². The minimum Gasteiger partial charge on any atom is -0.462 e. The predicted molar refractivity (Wildman–Crippen MR) is 184 cm³/mol. The average molecular weight is 744 g/mol. The lowest BCUT2D eigenvalue weighted by atomic mass is 9.88. The van der Waals surface area contributed by atoms with Crippen molar-refractivity contribution in [3.05, 3.63) is 36.0 Å². The summed E-state index contributed by atoms with van der Waals surface area (Å²) in [4.78, 5) is 60.0. The molecular weight excluding hydrogens is 688 g/mol. The van der Waals surface area contributed by atoms with Crippen LogP contribution >= 0.6 is 15.9 Å². The first-order valence-corrected chi connectivity index (χ1v) is 17.5. The zero-order valence-corrected chi connectivity index (χ0v) is 31.6. The Bertz CT molecular complexity index is 1190. The Hall–Kier alpha value is -2.99. The van der Waals surface area contributed by atoms with Crippen LogP contribution < -0.4 is 0 Å². The van der Waals surface area contributed by atoms with E-state index >= 15 is 0 Å². The normalized spacial score (nSPS) is 27.9. The number of rotatable bonds is 13. The van der Waals surface area contributed by atoms with Gasteiger partial charge in [0, 0.05) is 39.5 Å². The van der Waals surface area contributed by atoms with Crippen molar-refractivity contribution < 1.29 is 52.8 Å². The number of esters is 5. The maximum Gasteiger partial charge on any atom is 0.310 e. The molecule has 12 heteroatoms. The van der Waals surface area contributed by atoms with Crippen molar-refractivity contribution >= 4 is 45.8 Å². The highest BCUT2D eigenvalue weighted by Gasteiger charge is 2.36. The van der Waals surface area contributed by atoms with Gasteiger partial charge >= 0.3 is 29.8 Å². The van der Waals surface area contributed by atoms with Gasteiger partial charge in [-0.15, -0.1) is 0 Å². The van der Waals surface area contributed by atoms with E-state index in [4.69, 9.17) is 23.7 Å². The monoisotopic (exact) mass is 742 g/mol. The second kappa shape index (κ2) is 20.5. The lowest BCUT2D eigenvalue weighted by molar-refractivity contribution is -0.160. The summed E-state index contributed by atoms with van der Waals surface area (Å²) in [5.74, 6) is -3.02. The van der Waals surface area contributed by atoms with Crippen LogP contribution in [0.1, 0.15) is 101 Å². The molecule has 11 nitrogen and oxygen atoms in total. The summed E-state index contributed by atoms with van der Waals surface area (Å²) in [7, 11) is 0. The number of hydrogen-bond donors (Lipinski definition) is 1. The molecule has 48 heavy (non-hydrogen) atoms. The molecule has 0 aromatic heterocycles. The fourth-order valence-electron chi connectivity index (χ4n) is 5.67. The van der Waals surface area contributed by atoms with E-state index in [0.29, 0.717) is 12.8 Å². The molecular formula is C36H55BrO11. The van der Waals surface area contributed by atoms with Crippen LogP contribution in [0.2, 0.25) is 0 Å². The largest absolute Gasteiger partial charge is 0.462 e. The first-order valence-electron chi connectivity index (χ1n) is 16.5. The van der Waals surface area contributed by atoms with Gasteiger partial charge in [-0.05, 0) is 57.1 Å². The van der Waals surface area contributed by atoms with Gasteiger partial charge in [-0.2, -0.15) is 0 Å². The van der Waals surface area contributed by atoms with E-state index in [1.54, 1.807) is 12.2 Å². The number of ether oxygens (including phenoxy) is 5. The Morgan fingerprint density at radius 1 is 1.00 bits per heavy atom. The van der Waals surface area contributed by atoms with Gasteiger partial charge in [0.15, 0.2) is 0 Å².